The highest BCUT2D eigenvalue weighted by Gasteiger charge is 2.05. The van der Waals surface area contributed by atoms with E-state index in [1.807, 2.05) is 48.5 Å². The predicted molar refractivity (Wildman–Crippen MR) is 102 cm³/mol. The van der Waals surface area contributed by atoms with Crippen molar-refractivity contribution in [2.45, 2.75) is 0 Å². The molecule has 0 spiro atoms. The van der Waals surface area contributed by atoms with E-state index >= 15 is 0 Å². The van der Waals surface area contributed by atoms with Gasteiger partial charge < -0.3 is 10.6 Å². The van der Waals surface area contributed by atoms with Gasteiger partial charge in [-0.15, -0.1) is 0 Å². The van der Waals surface area contributed by atoms with Crippen LogP contribution in [0.25, 0.3) is 0 Å². The number of halogens is 3. The fourth-order valence-corrected chi connectivity index (χ4v) is 2.59. The summed E-state index contributed by atoms with van der Waals surface area (Å²) in [4.78, 5) is 8.62. The summed E-state index contributed by atoms with van der Waals surface area (Å²) >= 11 is 12.9. The van der Waals surface area contributed by atoms with E-state index in [0.717, 1.165) is 20.3 Å². The van der Waals surface area contributed by atoms with Crippen molar-refractivity contribution < 1.29 is 0 Å². The van der Waals surface area contributed by atoms with E-state index in [1.54, 1.807) is 6.07 Å². The van der Waals surface area contributed by atoms with Gasteiger partial charge in [0.25, 0.3) is 0 Å². The molecule has 0 fully saturated rings. The van der Waals surface area contributed by atoms with Crippen molar-refractivity contribution in [3.8, 4) is 0 Å². The van der Waals surface area contributed by atoms with Crippen LogP contribution in [0.4, 0.5) is 23.1 Å². The molecule has 7 heteroatoms. The lowest BCUT2D eigenvalue weighted by molar-refractivity contribution is 1.17. The van der Waals surface area contributed by atoms with Gasteiger partial charge in [-0.05, 0) is 48.5 Å². The normalized spacial score (nSPS) is 10.4. The van der Waals surface area contributed by atoms with E-state index < -0.39 is 0 Å². The predicted octanol–water partition coefficient (Wildman–Crippen LogP) is 6.14. The third-order valence-electron chi connectivity index (χ3n) is 2.91. The fraction of sp³-hybridized carbons (Fsp3) is 0. The second-order valence-corrected chi connectivity index (χ2v) is 6.88. The Bertz CT molecular complexity index is 742. The van der Waals surface area contributed by atoms with Crippen LogP contribution in [0.15, 0.2) is 63.5 Å². The van der Waals surface area contributed by atoms with Crippen molar-refractivity contribution in [3.63, 3.8) is 0 Å². The molecule has 23 heavy (non-hydrogen) atoms. The summed E-state index contributed by atoms with van der Waals surface area (Å²) < 4.78 is 2.02. The van der Waals surface area contributed by atoms with Crippen molar-refractivity contribution in [1.82, 2.24) is 9.97 Å². The molecule has 3 rings (SSSR count). The Hall–Kier alpha value is -1.63. The van der Waals surface area contributed by atoms with E-state index in [2.05, 4.69) is 52.5 Å². The average Bonchev–Trinajstić information content (AvgIpc) is 2.51. The lowest BCUT2D eigenvalue weighted by atomic mass is 10.3. The Kier molecular flexibility index (Phi) is 5.15. The van der Waals surface area contributed by atoms with Crippen molar-refractivity contribution in [2.75, 3.05) is 10.6 Å². The van der Waals surface area contributed by atoms with Gasteiger partial charge in [0.05, 0.1) is 0 Å². The molecule has 0 radical (unpaired) electrons. The zero-order chi connectivity index (χ0) is 16.2. The van der Waals surface area contributed by atoms with E-state index in [4.69, 9.17) is 11.6 Å². The number of hydrogen-bond donors (Lipinski definition) is 2. The Labute approximate surface area is 155 Å². The molecule has 0 aliphatic carbocycles. The molecule has 4 nitrogen and oxygen atoms in total. The first-order valence-electron chi connectivity index (χ1n) is 6.68. The van der Waals surface area contributed by atoms with Crippen LogP contribution in [0.2, 0.25) is 5.15 Å². The maximum atomic E-state index is 6.09. The zero-order valence-electron chi connectivity index (χ0n) is 11.7. The maximum Gasteiger partial charge on any atom is 0.230 e. The minimum absolute atomic E-state index is 0.360. The molecule has 116 valence electrons. The van der Waals surface area contributed by atoms with Gasteiger partial charge in [-0.2, -0.15) is 4.98 Å². The number of anilines is 4. The van der Waals surface area contributed by atoms with Crippen molar-refractivity contribution in [1.29, 1.82) is 0 Å². The first-order valence-corrected chi connectivity index (χ1v) is 8.65. The standard InChI is InChI=1S/C16H11Br2ClN4/c17-10-1-5-12(6-2-10)20-15-9-14(19)22-16(23-15)21-13-7-3-11(18)4-8-13/h1-9H,(H2,20,21,22,23). The molecule has 1 heterocycles. The molecular weight excluding hydrogens is 443 g/mol. The molecule has 0 saturated heterocycles. The number of aromatic nitrogens is 2. The lowest BCUT2D eigenvalue weighted by Crippen LogP contribution is -2.01. The first-order chi connectivity index (χ1) is 11.1. The molecule has 0 unspecified atom stereocenters. The highest BCUT2D eigenvalue weighted by molar-refractivity contribution is 9.10. The highest BCUT2D eigenvalue weighted by Crippen LogP contribution is 2.23. The summed E-state index contributed by atoms with van der Waals surface area (Å²) in [5, 5.41) is 6.70. The number of hydrogen-bond acceptors (Lipinski definition) is 4. The van der Waals surface area contributed by atoms with Crippen molar-refractivity contribution >= 4 is 66.6 Å². The van der Waals surface area contributed by atoms with E-state index in [0.29, 0.717) is 16.9 Å². The Morgan fingerprint density at radius 3 is 1.83 bits per heavy atom. The Morgan fingerprint density at radius 2 is 1.26 bits per heavy atom. The summed E-state index contributed by atoms with van der Waals surface area (Å²) in [6.45, 7) is 0. The molecule has 0 saturated carbocycles. The van der Waals surface area contributed by atoms with Crippen LogP contribution in [0, 0.1) is 0 Å². The SMILES string of the molecule is Clc1cc(Nc2ccc(Br)cc2)nc(Nc2ccc(Br)cc2)n1. The van der Waals surface area contributed by atoms with Gasteiger partial charge in [-0.3, -0.25) is 0 Å². The largest absolute Gasteiger partial charge is 0.340 e. The zero-order valence-corrected chi connectivity index (χ0v) is 15.7. The molecule has 0 aliphatic heterocycles. The minimum atomic E-state index is 0.360. The summed E-state index contributed by atoms with van der Waals surface area (Å²) in [6, 6.07) is 17.2. The lowest BCUT2D eigenvalue weighted by Gasteiger charge is -2.09. The van der Waals surface area contributed by atoms with Gasteiger partial charge in [0.2, 0.25) is 5.95 Å². The summed E-state index contributed by atoms with van der Waals surface area (Å²) in [7, 11) is 0. The van der Waals surface area contributed by atoms with Crippen LogP contribution < -0.4 is 10.6 Å². The van der Waals surface area contributed by atoms with E-state index in [1.165, 1.54) is 0 Å². The third kappa shape index (κ3) is 4.67. The third-order valence-corrected chi connectivity index (χ3v) is 4.16. The molecule has 0 aliphatic rings. The van der Waals surface area contributed by atoms with Crippen LogP contribution in [-0.2, 0) is 0 Å². The average molecular weight is 455 g/mol. The Morgan fingerprint density at radius 1 is 0.739 bits per heavy atom. The molecule has 2 aromatic carbocycles. The van der Waals surface area contributed by atoms with Crippen LogP contribution in [0.5, 0.6) is 0 Å². The van der Waals surface area contributed by atoms with Gasteiger partial charge in [-0.25, -0.2) is 4.98 Å². The van der Waals surface area contributed by atoms with Gasteiger partial charge in [0.1, 0.15) is 11.0 Å². The van der Waals surface area contributed by atoms with E-state index in [-0.39, 0.29) is 0 Å². The van der Waals surface area contributed by atoms with Crippen LogP contribution in [-0.4, -0.2) is 9.97 Å². The minimum Gasteiger partial charge on any atom is -0.340 e. The molecule has 2 N–H and O–H groups in total. The molecular formula is C16H11Br2ClN4. The van der Waals surface area contributed by atoms with Gasteiger partial charge in [-0.1, -0.05) is 43.5 Å². The first kappa shape index (κ1) is 16.2. The highest BCUT2D eigenvalue weighted by atomic mass is 79.9. The molecule has 0 amide bonds. The van der Waals surface area contributed by atoms with Crippen LogP contribution >= 0.6 is 43.5 Å². The molecule has 3 aromatic rings. The number of benzene rings is 2. The van der Waals surface area contributed by atoms with Gasteiger partial charge in [0.15, 0.2) is 0 Å². The number of nitrogens with zero attached hydrogens (tertiary/aromatic N) is 2. The van der Waals surface area contributed by atoms with Crippen molar-refractivity contribution in [2.24, 2.45) is 0 Å². The van der Waals surface area contributed by atoms with Gasteiger partial charge >= 0.3 is 0 Å². The Balaban J connectivity index is 1.81. The van der Waals surface area contributed by atoms with Crippen molar-refractivity contribution in [3.05, 3.63) is 68.7 Å². The number of nitrogens with one attached hydrogen (secondary N) is 2. The second-order valence-electron chi connectivity index (χ2n) is 4.66. The summed E-state index contributed by atoms with van der Waals surface area (Å²) in [6.07, 6.45) is 0. The summed E-state index contributed by atoms with van der Waals surface area (Å²) in [5.41, 5.74) is 1.79. The smallest absolute Gasteiger partial charge is 0.230 e. The maximum absolute atomic E-state index is 6.09. The van der Waals surface area contributed by atoms with Crippen LogP contribution in [0.1, 0.15) is 0 Å². The second kappa shape index (κ2) is 7.29. The summed E-state index contributed by atoms with van der Waals surface area (Å²) in [5.74, 6) is 1.05. The molecule has 0 bridgehead atoms. The topological polar surface area (TPSA) is 49.8 Å². The van der Waals surface area contributed by atoms with Gasteiger partial charge in [0, 0.05) is 26.4 Å². The van der Waals surface area contributed by atoms with Crippen LogP contribution in [0.3, 0.4) is 0 Å². The monoisotopic (exact) mass is 452 g/mol. The quantitative estimate of drug-likeness (QED) is 0.465. The van der Waals surface area contributed by atoms with E-state index in [9.17, 15) is 0 Å². The fourth-order valence-electron chi connectivity index (χ4n) is 1.88. The number of rotatable bonds is 4. The molecule has 1 aromatic heterocycles. The molecule has 0 atom stereocenters.